The molecule has 37 heavy (non-hydrogen) atoms. The number of carbonyl (C=O) groups excluding carboxylic acids is 1. The number of amides is 1. The molecule has 0 saturated carbocycles. The first-order valence-electron chi connectivity index (χ1n) is 11.4. The number of benzene rings is 4. The van der Waals surface area contributed by atoms with E-state index in [9.17, 15) is 14.4 Å². The summed E-state index contributed by atoms with van der Waals surface area (Å²) >= 11 is 3.41. The molecule has 0 aliphatic carbocycles. The lowest BCUT2D eigenvalue weighted by Gasteiger charge is -2.10. The monoisotopic (exact) mass is 556 g/mol. The van der Waals surface area contributed by atoms with Gasteiger partial charge in [0, 0.05) is 15.7 Å². The first-order valence-corrected chi connectivity index (χ1v) is 12.2. The Morgan fingerprint density at radius 2 is 1.49 bits per heavy atom. The molecule has 0 bridgehead atoms. The number of ether oxygens (including phenoxy) is 2. The van der Waals surface area contributed by atoms with Gasteiger partial charge in [-0.2, -0.15) is 5.26 Å². The third kappa shape index (κ3) is 7.53. The van der Waals surface area contributed by atoms with Crippen molar-refractivity contribution in [1.29, 1.82) is 5.26 Å². The van der Waals surface area contributed by atoms with Crippen molar-refractivity contribution in [1.82, 2.24) is 0 Å². The SMILES string of the molecule is N#C/C(=C\c1ccccc1OCc1ccc(F)cc1)C(=O)Nc1ccc(OCc2ccc(Br)cc2)cc1. The zero-order valence-corrected chi connectivity index (χ0v) is 21.2. The van der Waals surface area contributed by atoms with E-state index in [1.165, 1.54) is 18.2 Å². The molecular formula is C30H22BrFN2O3. The lowest BCUT2D eigenvalue weighted by atomic mass is 10.1. The highest BCUT2D eigenvalue weighted by molar-refractivity contribution is 9.10. The van der Waals surface area contributed by atoms with Crippen molar-refractivity contribution in [2.45, 2.75) is 13.2 Å². The molecule has 4 rings (SSSR count). The Labute approximate surface area is 222 Å². The van der Waals surface area contributed by atoms with E-state index < -0.39 is 5.91 Å². The highest BCUT2D eigenvalue weighted by atomic mass is 79.9. The Balaban J connectivity index is 1.38. The number of halogens is 2. The van der Waals surface area contributed by atoms with Crippen LogP contribution in [-0.2, 0) is 18.0 Å². The van der Waals surface area contributed by atoms with Crippen LogP contribution < -0.4 is 14.8 Å². The molecular weight excluding hydrogens is 535 g/mol. The number of nitriles is 1. The van der Waals surface area contributed by atoms with Crippen LogP contribution in [0.4, 0.5) is 10.1 Å². The van der Waals surface area contributed by atoms with Crippen molar-refractivity contribution in [3.05, 3.63) is 130 Å². The molecule has 0 unspecified atom stereocenters. The van der Waals surface area contributed by atoms with E-state index in [0.29, 0.717) is 29.4 Å². The van der Waals surface area contributed by atoms with Crippen molar-refractivity contribution in [2.24, 2.45) is 0 Å². The van der Waals surface area contributed by atoms with Gasteiger partial charge in [-0.05, 0) is 71.8 Å². The molecule has 1 N–H and O–H groups in total. The smallest absolute Gasteiger partial charge is 0.266 e. The Hall–Kier alpha value is -4.41. The number of carbonyl (C=O) groups is 1. The normalized spacial score (nSPS) is 10.9. The van der Waals surface area contributed by atoms with E-state index in [1.807, 2.05) is 30.3 Å². The first kappa shape index (κ1) is 25.7. The molecule has 0 aliphatic rings. The molecule has 0 aromatic heterocycles. The van der Waals surface area contributed by atoms with Gasteiger partial charge in [0.15, 0.2) is 0 Å². The minimum atomic E-state index is -0.542. The summed E-state index contributed by atoms with van der Waals surface area (Å²) in [5, 5.41) is 12.4. The van der Waals surface area contributed by atoms with Gasteiger partial charge in [0.2, 0.25) is 0 Å². The van der Waals surface area contributed by atoms with Gasteiger partial charge < -0.3 is 14.8 Å². The van der Waals surface area contributed by atoms with Crippen LogP contribution in [0.15, 0.2) is 107 Å². The number of hydrogen-bond acceptors (Lipinski definition) is 4. The van der Waals surface area contributed by atoms with Crippen LogP contribution in [0.25, 0.3) is 6.08 Å². The van der Waals surface area contributed by atoms with E-state index in [-0.39, 0.29) is 18.0 Å². The average molecular weight is 557 g/mol. The molecule has 0 atom stereocenters. The van der Waals surface area contributed by atoms with Gasteiger partial charge in [0.1, 0.15) is 42.2 Å². The Kier molecular flexibility index (Phi) is 8.69. The van der Waals surface area contributed by atoms with Gasteiger partial charge in [-0.15, -0.1) is 0 Å². The molecule has 0 fully saturated rings. The largest absolute Gasteiger partial charge is 0.489 e. The van der Waals surface area contributed by atoms with Crippen LogP contribution in [0, 0.1) is 17.1 Å². The van der Waals surface area contributed by atoms with Gasteiger partial charge in [-0.1, -0.05) is 58.4 Å². The highest BCUT2D eigenvalue weighted by Crippen LogP contribution is 2.23. The topological polar surface area (TPSA) is 71.3 Å². The molecule has 184 valence electrons. The summed E-state index contributed by atoms with van der Waals surface area (Å²) in [4.78, 5) is 12.8. The first-order chi connectivity index (χ1) is 18.0. The third-order valence-electron chi connectivity index (χ3n) is 5.32. The van der Waals surface area contributed by atoms with Crippen LogP contribution in [0.1, 0.15) is 16.7 Å². The second-order valence-electron chi connectivity index (χ2n) is 8.02. The predicted octanol–water partition coefficient (Wildman–Crippen LogP) is 7.29. The predicted molar refractivity (Wildman–Crippen MR) is 144 cm³/mol. The van der Waals surface area contributed by atoms with Crippen molar-refractivity contribution in [3.8, 4) is 17.6 Å². The summed E-state index contributed by atoms with van der Waals surface area (Å²) in [5.74, 6) is 0.294. The van der Waals surface area contributed by atoms with E-state index >= 15 is 0 Å². The van der Waals surface area contributed by atoms with E-state index in [4.69, 9.17) is 9.47 Å². The maximum absolute atomic E-state index is 13.1. The van der Waals surface area contributed by atoms with Crippen molar-refractivity contribution < 1.29 is 18.7 Å². The molecule has 1 amide bonds. The van der Waals surface area contributed by atoms with Crippen molar-refractivity contribution >= 4 is 33.6 Å². The summed E-state index contributed by atoms with van der Waals surface area (Å²) in [6.45, 7) is 0.637. The summed E-state index contributed by atoms with van der Waals surface area (Å²) in [6.07, 6.45) is 1.48. The molecule has 0 aliphatic heterocycles. The molecule has 0 saturated heterocycles. The zero-order valence-electron chi connectivity index (χ0n) is 19.7. The molecule has 5 nitrogen and oxygen atoms in total. The molecule has 7 heteroatoms. The van der Waals surface area contributed by atoms with Crippen LogP contribution in [0.3, 0.4) is 0 Å². The quantitative estimate of drug-likeness (QED) is 0.173. The van der Waals surface area contributed by atoms with Crippen LogP contribution >= 0.6 is 15.9 Å². The Morgan fingerprint density at radius 3 is 2.16 bits per heavy atom. The lowest BCUT2D eigenvalue weighted by Crippen LogP contribution is -2.13. The van der Waals surface area contributed by atoms with Crippen molar-refractivity contribution in [3.63, 3.8) is 0 Å². The van der Waals surface area contributed by atoms with Crippen LogP contribution in [0.5, 0.6) is 11.5 Å². The van der Waals surface area contributed by atoms with Crippen LogP contribution in [-0.4, -0.2) is 5.91 Å². The number of nitrogens with zero attached hydrogens (tertiary/aromatic N) is 1. The Morgan fingerprint density at radius 1 is 0.865 bits per heavy atom. The minimum Gasteiger partial charge on any atom is -0.489 e. The van der Waals surface area contributed by atoms with Gasteiger partial charge >= 0.3 is 0 Å². The Bertz CT molecular complexity index is 1430. The van der Waals surface area contributed by atoms with E-state index in [0.717, 1.165) is 15.6 Å². The van der Waals surface area contributed by atoms with Crippen molar-refractivity contribution in [2.75, 3.05) is 5.32 Å². The lowest BCUT2D eigenvalue weighted by molar-refractivity contribution is -0.112. The minimum absolute atomic E-state index is 0.0756. The second kappa shape index (κ2) is 12.5. The van der Waals surface area contributed by atoms with Gasteiger partial charge in [-0.3, -0.25) is 4.79 Å². The van der Waals surface area contributed by atoms with Gasteiger partial charge in [-0.25, -0.2) is 4.39 Å². The zero-order chi connectivity index (χ0) is 26.0. The molecule has 4 aromatic carbocycles. The second-order valence-corrected chi connectivity index (χ2v) is 8.93. The number of anilines is 1. The van der Waals surface area contributed by atoms with Gasteiger partial charge in [0.05, 0.1) is 0 Å². The maximum Gasteiger partial charge on any atom is 0.266 e. The number of para-hydroxylation sites is 1. The fourth-order valence-corrected chi connectivity index (χ4v) is 3.62. The standard InChI is InChI=1S/C30H22BrFN2O3/c31-25-9-5-21(6-10-25)19-36-28-15-13-27(14-16-28)34-30(35)24(18-33)17-23-3-1-2-4-29(23)37-20-22-7-11-26(32)12-8-22/h1-17H,19-20H2,(H,34,35)/b24-17+. The maximum atomic E-state index is 13.1. The summed E-state index contributed by atoms with van der Waals surface area (Å²) < 4.78 is 25.8. The molecule has 0 spiro atoms. The number of rotatable bonds is 9. The fourth-order valence-electron chi connectivity index (χ4n) is 3.36. The number of nitrogens with one attached hydrogen (secondary N) is 1. The molecule has 4 aromatic rings. The van der Waals surface area contributed by atoms with E-state index in [1.54, 1.807) is 60.7 Å². The molecule has 0 radical (unpaired) electrons. The fraction of sp³-hybridized carbons (Fsp3) is 0.0667. The summed E-state index contributed by atoms with van der Waals surface area (Å²) in [6, 6.07) is 29.8. The third-order valence-corrected chi connectivity index (χ3v) is 5.85. The van der Waals surface area contributed by atoms with E-state index in [2.05, 4.69) is 21.2 Å². The number of hydrogen-bond donors (Lipinski definition) is 1. The summed E-state index contributed by atoms with van der Waals surface area (Å²) in [7, 11) is 0. The van der Waals surface area contributed by atoms with Crippen LogP contribution in [0.2, 0.25) is 0 Å². The average Bonchev–Trinajstić information content (AvgIpc) is 2.92. The highest BCUT2D eigenvalue weighted by Gasteiger charge is 2.12. The molecule has 0 heterocycles. The summed E-state index contributed by atoms with van der Waals surface area (Å²) in [5.41, 5.74) is 2.86. The van der Waals surface area contributed by atoms with Gasteiger partial charge in [0.25, 0.3) is 5.91 Å².